The van der Waals surface area contributed by atoms with Gasteiger partial charge in [-0.3, -0.25) is 9.69 Å². The van der Waals surface area contributed by atoms with Gasteiger partial charge in [0.05, 0.1) is 13.2 Å². The standard InChI is InChI=1S/C20H37N5O2/c1-23(2)19(26)14-21-20(22-18-6-4-3-5-7-18)25-9-8-17(16-25)15-24-10-12-27-13-11-24/h17-18H,3-16H2,1-2H3,(H,21,22). The van der Waals surface area contributed by atoms with Gasteiger partial charge in [-0.2, -0.15) is 0 Å². The Morgan fingerprint density at radius 2 is 1.85 bits per heavy atom. The van der Waals surface area contributed by atoms with Crippen molar-refractivity contribution < 1.29 is 9.53 Å². The van der Waals surface area contributed by atoms with Crippen LogP contribution in [0.1, 0.15) is 38.5 Å². The van der Waals surface area contributed by atoms with Gasteiger partial charge in [0, 0.05) is 52.9 Å². The van der Waals surface area contributed by atoms with Gasteiger partial charge >= 0.3 is 0 Å². The molecule has 0 aromatic rings. The molecule has 2 heterocycles. The summed E-state index contributed by atoms with van der Waals surface area (Å²) in [5.41, 5.74) is 0. The number of rotatable bonds is 5. The van der Waals surface area contributed by atoms with Crippen molar-refractivity contribution in [1.82, 2.24) is 20.0 Å². The molecule has 0 aromatic heterocycles. The molecule has 154 valence electrons. The fraction of sp³-hybridized carbons (Fsp3) is 0.900. The minimum atomic E-state index is 0.0574. The predicted molar refractivity (Wildman–Crippen MR) is 108 cm³/mol. The Kier molecular flexibility index (Phi) is 7.76. The molecule has 7 heteroatoms. The number of aliphatic imine (C=N–C) groups is 1. The smallest absolute Gasteiger partial charge is 0.243 e. The third-order valence-corrected chi connectivity index (χ3v) is 6.01. The van der Waals surface area contributed by atoms with Crippen LogP contribution < -0.4 is 5.32 Å². The number of nitrogens with one attached hydrogen (secondary N) is 1. The molecule has 1 aliphatic carbocycles. The fourth-order valence-corrected chi connectivity index (χ4v) is 4.27. The first kappa shape index (κ1) is 20.4. The van der Waals surface area contributed by atoms with Crippen LogP contribution in [-0.4, -0.2) is 99.2 Å². The van der Waals surface area contributed by atoms with Crippen molar-refractivity contribution in [3.8, 4) is 0 Å². The molecule has 3 fully saturated rings. The van der Waals surface area contributed by atoms with Gasteiger partial charge in [-0.15, -0.1) is 0 Å². The van der Waals surface area contributed by atoms with Crippen molar-refractivity contribution in [2.45, 2.75) is 44.6 Å². The third kappa shape index (κ3) is 6.35. The van der Waals surface area contributed by atoms with E-state index in [0.717, 1.165) is 51.9 Å². The second-order valence-corrected chi connectivity index (χ2v) is 8.42. The number of carbonyl (C=O) groups excluding carboxylic acids is 1. The lowest BCUT2D eigenvalue weighted by Gasteiger charge is -2.31. The van der Waals surface area contributed by atoms with Crippen LogP contribution in [0.25, 0.3) is 0 Å². The van der Waals surface area contributed by atoms with E-state index in [1.165, 1.54) is 38.5 Å². The van der Waals surface area contributed by atoms with Crippen LogP contribution in [0.3, 0.4) is 0 Å². The predicted octanol–water partition coefficient (Wildman–Crippen LogP) is 1.01. The summed E-state index contributed by atoms with van der Waals surface area (Å²) in [5.74, 6) is 1.68. The zero-order chi connectivity index (χ0) is 19.1. The summed E-state index contributed by atoms with van der Waals surface area (Å²) in [6.07, 6.45) is 7.55. The van der Waals surface area contributed by atoms with Gasteiger partial charge in [-0.1, -0.05) is 19.3 Å². The summed E-state index contributed by atoms with van der Waals surface area (Å²) in [5, 5.41) is 3.69. The highest BCUT2D eigenvalue weighted by Gasteiger charge is 2.28. The zero-order valence-corrected chi connectivity index (χ0v) is 17.2. The largest absolute Gasteiger partial charge is 0.379 e. The maximum atomic E-state index is 12.0. The molecule has 0 radical (unpaired) electrons. The van der Waals surface area contributed by atoms with Crippen molar-refractivity contribution >= 4 is 11.9 Å². The van der Waals surface area contributed by atoms with E-state index in [9.17, 15) is 4.79 Å². The van der Waals surface area contributed by atoms with Crippen molar-refractivity contribution in [2.75, 3.05) is 66.6 Å². The van der Waals surface area contributed by atoms with Gasteiger partial charge in [0.2, 0.25) is 5.91 Å². The number of hydrogen-bond donors (Lipinski definition) is 1. The van der Waals surface area contributed by atoms with Gasteiger partial charge in [0.15, 0.2) is 5.96 Å². The highest BCUT2D eigenvalue weighted by molar-refractivity contribution is 5.85. The molecule has 2 aliphatic heterocycles. The Hall–Kier alpha value is -1.34. The second kappa shape index (κ2) is 10.3. The van der Waals surface area contributed by atoms with E-state index in [0.29, 0.717) is 12.0 Å². The van der Waals surface area contributed by atoms with Gasteiger partial charge in [0.1, 0.15) is 6.54 Å². The average molecular weight is 380 g/mol. The first-order valence-electron chi connectivity index (χ1n) is 10.7. The average Bonchev–Trinajstić information content (AvgIpc) is 3.14. The molecule has 1 unspecified atom stereocenters. The van der Waals surface area contributed by atoms with Gasteiger partial charge in [0.25, 0.3) is 0 Å². The summed E-state index contributed by atoms with van der Waals surface area (Å²) in [7, 11) is 3.58. The Morgan fingerprint density at radius 3 is 2.56 bits per heavy atom. The number of morpholine rings is 1. The van der Waals surface area contributed by atoms with Crippen LogP contribution >= 0.6 is 0 Å². The molecular weight excluding hydrogens is 342 g/mol. The Labute approximate surface area is 164 Å². The Balaban J connectivity index is 1.57. The molecule has 3 aliphatic rings. The summed E-state index contributed by atoms with van der Waals surface area (Å²) in [6.45, 7) is 7.26. The van der Waals surface area contributed by atoms with E-state index in [2.05, 4.69) is 15.1 Å². The maximum Gasteiger partial charge on any atom is 0.243 e. The first-order chi connectivity index (χ1) is 13.1. The molecule has 0 aromatic carbocycles. The van der Waals surface area contributed by atoms with Crippen molar-refractivity contribution in [1.29, 1.82) is 0 Å². The van der Waals surface area contributed by atoms with Crippen LogP contribution in [0, 0.1) is 5.92 Å². The summed E-state index contributed by atoms with van der Waals surface area (Å²) in [6, 6.07) is 0.505. The highest BCUT2D eigenvalue weighted by Crippen LogP contribution is 2.21. The number of hydrogen-bond acceptors (Lipinski definition) is 4. The number of likely N-dealkylation sites (N-methyl/N-ethyl adjacent to an activating group) is 1. The lowest BCUT2D eigenvalue weighted by Crippen LogP contribution is -2.47. The molecule has 1 saturated carbocycles. The molecule has 27 heavy (non-hydrogen) atoms. The zero-order valence-electron chi connectivity index (χ0n) is 17.2. The van der Waals surface area contributed by atoms with Crippen LogP contribution in [-0.2, 0) is 9.53 Å². The molecule has 0 bridgehead atoms. The summed E-state index contributed by atoms with van der Waals surface area (Å²) in [4.78, 5) is 23.3. The number of guanidine groups is 1. The van der Waals surface area contributed by atoms with Crippen LogP contribution in [0.5, 0.6) is 0 Å². The molecule has 7 nitrogen and oxygen atoms in total. The fourth-order valence-electron chi connectivity index (χ4n) is 4.27. The minimum Gasteiger partial charge on any atom is -0.379 e. The minimum absolute atomic E-state index is 0.0574. The molecule has 0 spiro atoms. The number of nitrogens with zero attached hydrogens (tertiary/aromatic N) is 4. The lowest BCUT2D eigenvalue weighted by molar-refractivity contribution is -0.127. The first-order valence-corrected chi connectivity index (χ1v) is 10.7. The molecule has 3 rings (SSSR count). The molecular formula is C20H37N5O2. The van der Waals surface area contributed by atoms with E-state index in [4.69, 9.17) is 9.73 Å². The van der Waals surface area contributed by atoms with E-state index in [-0.39, 0.29) is 12.5 Å². The highest BCUT2D eigenvalue weighted by atomic mass is 16.5. The Bertz CT molecular complexity index is 499. The molecule has 1 atom stereocenters. The second-order valence-electron chi connectivity index (χ2n) is 8.42. The van der Waals surface area contributed by atoms with Crippen LogP contribution in [0.15, 0.2) is 4.99 Å². The number of ether oxygens (including phenoxy) is 1. The number of carbonyl (C=O) groups is 1. The van der Waals surface area contributed by atoms with E-state index >= 15 is 0 Å². The Morgan fingerprint density at radius 1 is 1.11 bits per heavy atom. The quantitative estimate of drug-likeness (QED) is 0.571. The SMILES string of the molecule is CN(C)C(=O)CN=C(NC1CCCCC1)N1CCC(CN2CCOCC2)C1. The number of likely N-dealkylation sites (tertiary alicyclic amines) is 1. The van der Waals surface area contributed by atoms with Crippen LogP contribution in [0.4, 0.5) is 0 Å². The van der Waals surface area contributed by atoms with E-state index in [1.807, 2.05) is 0 Å². The number of amides is 1. The van der Waals surface area contributed by atoms with Gasteiger partial charge in [-0.25, -0.2) is 4.99 Å². The van der Waals surface area contributed by atoms with E-state index < -0.39 is 0 Å². The molecule has 1 N–H and O–H groups in total. The third-order valence-electron chi connectivity index (χ3n) is 6.01. The maximum absolute atomic E-state index is 12.0. The topological polar surface area (TPSA) is 60.4 Å². The molecule has 1 amide bonds. The lowest BCUT2D eigenvalue weighted by atomic mass is 9.96. The van der Waals surface area contributed by atoms with Gasteiger partial charge < -0.3 is 19.9 Å². The van der Waals surface area contributed by atoms with Crippen LogP contribution in [0.2, 0.25) is 0 Å². The summed E-state index contributed by atoms with van der Waals surface area (Å²) >= 11 is 0. The van der Waals surface area contributed by atoms with Crippen molar-refractivity contribution in [2.24, 2.45) is 10.9 Å². The normalized spacial score (nSPS) is 25.6. The van der Waals surface area contributed by atoms with Crippen molar-refractivity contribution in [3.05, 3.63) is 0 Å². The van der Waals surface area contributed by atoms with E-state index in [1.54, 1.807) is 19.0 Å². The van der Waals surface area contributed by atoms with Gasteiger partial charge in [-0.05, 0) is 25.2 Å². The van der Waals surface area contributed by atoms with Crippen molar-refractivity contribution in [3.63, 3.8) is 0 Å². The monoisotopic (exact) mass is 379 g/mol. The summed E-state index contributed by atoms with van der Waals surface area (Å²) < 4.78 is 5.46. The molecule has 2 saturated heterocycles.